The minimum Gasteiger partial charge on any atom is -0.357 e. The van der Waals surface area contributed by atoms with Crippen molar-refractivity contribution in [1.29, 1.82) is 0 Å². The van der Waals surface area contributed by atoms with Gasteiger partial charge in [-0.3, -0.25) is 19.6 Å². The molecule has 1 amide bonds. The quantitative estimate of drug-likeness (QED) is 0.207. The van der Waals surface area contributed by atoms with Crippen LogP contribution in [0.15, 0.2) is 4.99 Å². The molecular weight excluding hydrogens is 503 g/mol. The molecule has 8 heteroatoms. The van der Waals surface area contributed by atoms with Crippen molar-refractivity contribution in [3.05, 3.63) is 0 Å². The normalized spacial score (nSPS) is 19.3. The molecule has 2 fully saturated rings. The van der Waals surface area contributed by atoms with Crippen LogP contribution in [-0.4, -0.2) is 108 Å². The Kier molecular flexibility index (Phi) is 13.3. The van der Waals surface area contributed by atoms with Crippen LogP contribution < -0.4 is 5.32 Å². The number of likely N-dealkylation sites (tertiary alicyclic amines) is 1. The summed E-state index contributed by atoms with van der Waals surface area (Å²) in [6, 6.07) is 1.13. The molecule has 2 rings (SSSR count). The minimum atomic E-state index is -0.0113. The van der Waals surface area contributed by atoms with Crippen molar-refractivity contribution in [2.24, 2.45) is 4.99 Å². The van der Waals surface area contributed by atoms with Crippen LogP contribution in [0.1, 0.15) is 60.8 Å². The van der Waals surface area contributed by atoms with Crippen LogP contribution in [0.3, 0.4) is 0 Å². The predicted octanol–water partition coefficient (Wildman–Crippen LogP) is 2.71. The van der Waals surface area contributed by atoms with Gasteiger partial charge >= 0.3 is 0 Å². The molecule has 0 aliphatic carbocycles. The van der Waals surface area contributed by atoms with Crippen molar-refractivity contribution in [2.75, 3.05) is 58.9 Å². The molecule has 2 aliphatic rings. The number of nitrogens with zero attached hydrogens (tertiary/aromatic N) is 5. The summed E-state index contributed by atoms with van der Waals surface area (Å²) in [5.41, 5.74) is 0. The van der Waals surface area contributed by atoms with E-state index in [1.165, 1.54) is 0 Å². The zero-order chi connectivity index (χ0) is 22.1. The molecule has 2 aliphatic heterocycles. The number of carbonyl (C=O) groups excluding carboxylic acids is 1. The van der Waals surface area contributed by atoms with Crippen molar-refractivity contribution in [2.45, 2.75) is 78.9 Å². The van der Waals surface area contributed by atoms with Crippen molar-refractivity contribution in [3.63, 3.8) is 0 Å². The van der Waals surface area contributed by atoms with Crippen LogP contribution in [0, 0.1) is 0 Å². The lowest BCUT2D eigenvalue weighted by Crippen LogP contribution is -2.57. The van der Waals surface area contributed by atoms with Crippen LogP contribution in [0.5, 0.6) is 0 Å². The Labute approximate surface area is 208 Å². The number of guanidine groups is 1. The van der Waals surface area contributed by atoms with E-state index in [1.807, 2.05) is 4.90 Å². The first-order valence-electron chi connectivity index (χ1n) is 12.2. The van der Waals surface area contributed by atoms with E-state index in [1.54, 1.807) is 0 Å². The second-order valence-electron chi connectivity index (χ2n) is 9.25. The smallest absolute Gasteiger partial charge is 0.239 e. The van der Waals surface area contributed by atoms with Crippen molar-refractivity contribution >= 4 is 35.8 Å². The van der Waals surface area contributed by atoms with Gasteiger partial charge in [0.15, 0.2) is 5.96 Å². The summed E-state index contributed by atoms with van der Waals surface area (Å²) in [6.45, 7) is 21.6. The Morgan fingerprint density at radius 3 is 2.03 bits per heavy atom. The van der Waals surface area contributed by atoms with Gasteiger partial charge in [-0.1, -0.05) is 0 Å². The van der Waals surface area contributed by atoms with Crippen LogP contribution in [0.4, 0.5) is 0 Å². The number of carbonyl (C=O) groups is 1. The topological polar surface area (TPSA) is 54.4 Å². The number of halogens is 1. The highest BCUT2D eigenvalue weighted by atomic mass is 127. The summed E-state index contributed by atoms with van der Waals surface area (Å²) in [5.74, 6) is 1.33. The number of aliphatic imine (C=N–C) groups is 1. The van der Waals surface area contributed by atoms with Gasteiger partial charge in [0, 0.05) is 71.0 Å². The molecule has 0 bridgehead atoms. The van der Waals surface area contributed by atoms with Gasteiger partial charge in [0.1, 0.15) is 0 Å². The first kappa shape index (κ1) is 28.4. The molecule has 0 radical (unpaired) electrons. The number of rotatable bonds is 9. The number of hydrogen-bond acceptors (Lipinski definition) is 4. The van der Waals surface area contributed by atoms with E-state index >= 15 is 0 Å². The fraction of sp³-hybridized carbons (Fsp3) is 0.913. The fourth-order valence-corrected chi connectivity index (χ4v) is 4.66. The van der Waals surface area contributed by atoms with Crippen molar-refractivity contribution < 1.29 is 4.79 Å². The molecule has 182 valence electrons. The molecule has 1 unspecified atom stereocenters. The average Bonchev–Trinajstić information content (AvgIpc) is 3.26. The van der Waals surface area contributed by atoms with Crippen LogP contribution in [-0.2, 0) is 4.79 Å². The summed E-state index contributed by atoms with van der Waals surface area (Å²) in [7, 11) is 0. The largest absolute Gasteiger partial charge is 0.357 e. The molecule has 1 N–H and O–H groups in total. The standard InChI is InChI=1S/C23H46N6O.HI/c1-7-24-23(25-11-10-14-29(19(2)3)20(4)5)28-17-15-26(16-18-28)21(6)22(30)27-12-8-9-13-27;/h19-21H,7-18H2,1-6H3,(H,24,25);1H. The first-order chi connectivity index (χ1) is 14.3. The Morgan fingerprint density at radius 1 is 0.935 bits per heavy atom. The van der Waals surface area contributed by atoms with Crippen molar-refractivity contribution in [1.82, 2.24) is 24.9 Å². The van der Waals surface area contributed by atoms with E-state index in [2.05, 4.69) is 61.6 Å². The molecule has 1 atom stereocenters. The third-order valence-electron chi connectivity index (χ3n) is 6.43. The average molecular weight is 551 g/mol. The molecule has 0 aromatic carbocycles. The van der Waals surface area contributed by atoms with Gasteiger partial charge in [0.2, 0.25) is 5.91 Å². The van der Waals surface area contributed by atoms with E-state index in [9.17, 15) is 4.79 Å². The summed E-state index contributed by atoms with van der Waals surface area (Å²) in [5, 5.41) is 3.47. The molecule has 2 saturated heterocycles. The lowest BCUT2D eigenvalue weighted by atomic mass is 10.2. The molecule has 0 spiro atoms. The lowest BCUT2D eigenvalue weighted by Gasteiger charge is -2.39. The Bertz CT molecular complexity index is 534. The predicted molar refractivity (Wildman–Crippen MR) is 141 cm³/mol. The number of piperazine rings is 1. The molecule has 0 saturated carbocycles. The molecule has 0 aromatic heterocycles. The molecular formula is C23H47IN6O. The van der Waals surface area contributed by atoms with E-state index in [4.69, 9.17) is 4.99 Å². The summed E-state index contributed by atoms with van der Waals surface area (Å²) >= 11 is 0. The highest BCUT2D eigenvalue weighted by molar-refractivity contribution is 14.0. The van der Waals surface area contributed by atoms with E-state index in [-0.39, 0.29) is 30.0 Å². The summed E-state index contributed by atoms with van der Waals surface area (Å²) in [6.07, 6.45) is 3.38. The van der Waals surface area contributed by atoms with E-state index in [0.717, 1.165) is 84.1 Å². The van der Waals surface area contributed by atoms with Gasteiger partial charge < -0.3 is 15.1 Å². The summed E-state index contributed by atoms with van der Waals surface area (Å²) in [4.78, 5) is 26.9. The lowest BCUT2D eigenvalue weighted by molar-refractivity contribution is -0.135. The molecule has 7 nitrogen and oxygen atoms in total. The first-order valence-corrected chi connectivity index (χ1v) is 12.2. The zero-order valence-corrected chi connectivity index (χ0v) is 23.1. The second kappa shape index (κ2) is 14.5. The fourth-order valence-electron chi connectivity index (χ4n) is 4.66. The second-order valence-corrected chi connectivity index (χ2v) is 9.25. The highest BCUT2D eigenvalue weighted by Crippen LogP contribution is 2.14. The van der Waals surface area contributed by atoms with Crippen molar-refractivity contribution in [3.8, 4) is 0 Å². The third-order valence-corrected chi connectivity index (χ3v) is 6.43. The maximum Gasteiger partial charge on any atom is 0.239 e. The zero-order valence-electron chi connectivity index (χ0n) is 20.8. The van der Waals surface area contributed by atoms with Gasteiger partial charge in [-0.05, 0) is 60.8 Å². The Morgan fingerprint density at radius 2 is 1.52 bits per heavy atom. The van der Waals surface area contributed by atoms with Gasteiger partial charge in [-0.25, -0.2) is 0 Å². The monoisotopic (exact) mass is 550 g/mol. The Hall–Kier alpha value is -0.610. The molecule has 31 heavy (non-hydrogen) atoms. The maximum absolute atomic E-state index is 12.7. The maximum atomic E-state index is 12.7. The SMILES string of the molecule is CCNC(=NCCCN(C(C)C)C(C)C)N1CCN(C(C)C(=O)N2CCCC2)CC1.I. The van der Waals surface area contributed by atoms with Crippen LogP contribution in [0.2, 0.25) is 0 Å². The minimum absolute atomic E-state index is 0. The Balaban J connectivity index is 0.00000480. The van der Waals surface area contributed by atoms with E-state index < -0.39 is 0 Å². The van der Waals surface area contributed by atoms with Gasteiger partial charge in [0.25, 0.3) is 0 Å². The number of hydrogen-bond donors (Lipinski definition) is 1. The van der Waals surface area contributed by atoms with Crippen LogP contribution >= 0.6 is 24.0 Å². The van der Waals surface area contributed by atoms with Gasteiger partial charge in [0.05, 0.1) is 6.04 Å². The highest BCUT2D eigenvalue weighted by Gasteiger charge is 2.30. The number of nitrogens with one attached hydrogen (secondary N) is 1. The van der Waals surface area contributed by atoms with E-state index in [0.29, 0.717) is 18.0 Å². The van der Waals surface area contributed by atoms with Gasteiger partial charge in [-0.2, -0.15) is 0 Å². The van der Waals surface area contributed by atoms with Gasteiger partial charge in [-0.15, -0.1) is 24.0 Å². The molecule has 2 heterocycles. The van der Waals surface area contributed by atoms with Crippen LogP contribution in [0.25, 0.3) is 0 Å². The summed E-state index contributed by atoms with van der Waals surface area (Å²) < 4.78 is 0. The number of amides is 1. The molecule has 0 aromatic rings. The third kappa shape index (κ3) is 8.68.